The Morgan fingerprint density at radius 2 is 1.88 bits per heavy atom. The first-order valence-electron chi connectivity index (χ1n) is 10.0. The van der Waals surface area contributed by atoms with Crippen molar-refractivity contribution in [2.45, 2.75) is 6.61 Å². The maximum Gasteiger partial charge on any atom is 0.276 e. The lowest BCUT2D eigenvalue weighted by molar-refractivity contribution is -0.385. The van der Waals surface area contributed by atoms with E-state index in [9.17, 15) is 14.9 Å². The first-order chi connectivity index (χ1) is 16.4. The van der Waals surface area contributed by atoms with Crippen molar-refractivity contribution < 1.29 is 19.2 Å². The van der Waals surface area contributed by atoms with Gasteiger partial charge in [0, 0.05) is 6.07 Å². The number of nitro benzene ring substituents is 1. The summed E-state index contributed by atoms with van der Waals surface area (Å²) in [5.41, 5.74) is 1.72. The number of hydrogen-bond donors (Lipinski definition) is 1. The Labute approximate surface area is 204 Å². The van der Waals surface area contributed by atoms with Gasteiger partial charge < -0.3 is 14.8 Å². The van der Waals surface area contributed by atoms with Crippen molar-refractivity contribution in [2.24, 2.45) is 4.99 Å². The molecular formula is C24H18ClN3O5S. The average molecular weight is 496 g/mol. The molecule has 0 aliphatic carbocycles. The summed E-state index contributed by atoms with van der Waals surface area (Å²) in [6, 6.07) is 18.7. The van der Waals surface area contributed by atoms with Crippen LogP contribution >= 0.6 is 23.4 Å². The molecule has 4 rings (SSSR count). The van der Waals surface area contributed by atoms with Crippen molar-refractivity contribution in [3.63, 3.8) is 0 Å². The van der Waals surface area contributed by atoms with E-state index in [-0.39, 0.29) is 18.2 Å². The molecular weight excluding hydrogens is 478 g/mol. The second kappa shape index (κ2) is 10.4. The van der Waals surface area contributed by atoms with Crippen molar-refractivity contribution >= 4 is 51.9 Å². The van der Waals surface area contributed by atoms with E-state index in [0.717, 1.165) is 0 Å². The molecule has 0 spiro atoms. The van der Waals surface area contributed by atoms with Crippen molar-refractivity contribution in [3.8, 4) is 11.5 Å². The molecule has 1 amide bonds. The number of ether oxygens (including phenoxy) is 2. The predicted molar refractivity (Wildman–Crippen MR) is 133 cm³/mol. The Balaban J connectivity index is 1.51. The summed E-state index contributed by atoms with van der Waals surface area (Å²) < 4.78 is 11.2. The minimum Gasteiger partial charge on any atom is -0.493 e. The minimum atomic E-state index is -0.446. The van der Waals surface area contributed by atoms with Gasteiger partial charge in [0.2, 0.25) is 0 Å². The summed E-state index contributed by atoms with van der Waals surface area (Å²) in [5, 5.41) is 14.9. The van der Waals surface area contributed by atoms with Crippen LogP contribution in [0.15, 0.2) is 76.6 Å². The number of rotatable bonds is 7. The number of halogens is 1. The van der Waals surface area contributed by atoms with Gasteiger partial charge >= 0.3 is 0 Å². The molecule has 172 valence electrons. The van der Waals surface area contributed by atoms with Gasteiger partial charge in [-0.1, -0.05) is 41.9 Å². The SMILES string of the molecule is COc1cc(/C=C2/SC(=Nc3ccccc3Cl)NC2=O)ccc1OCc1ccccc1[N+](=O)[O-]. The monoisotopic (exact) mass is 495 g/mol. The van der Waals surface area contributed by atoms with Gasteiger partial charge in [0.25, 0.3) is 11.6 Å². The molecule has 3 aromatic carbocycles. The van der Waals surface area contributed by atoms with Crippen LogP contribution in [-0.2, 0) is 11.4 Å². The Hall–Kier alpha value is -3.82. The molecule has 0 unspecified atom stereocenters. The predicted octanol–water partition coefficient (Wildman–Crippen LogP) is 5.73. The summed E-state index contributed by atoms with van der Waals surface area (Å²) in [6.07, 6.45) is 1.71. The first-order valence-corrected chi connectivity index (χ1v) is 11.2. The number of benzene rings is 3. The van der Waals surface area contributed by atoms with Crippen molar-refractivity contribution in [1.29, 1.82) is 0 Å². The highest BCUT2D eigenvalue weighted by Gasteiger charge is 2.24. The normalized spacial score (nSPS) is 15.4. The Morgan fingerprint density at radius 1 is 1.12 bits per heavy atom. The van der Waals surface area contributed by atoms with Gasteiger partial charge in [-0.15, -0.1) is 0 Å². The van der Waals surface area contributed by atoms with Gasteiger partial charge in [-0.3, -0.25) is 14.9 Å². The lowest BCUT2D eigenvalue weighted by Gasteiger charge is -2.11. The second-order valence-corrected chi connectivity index (χ2v) is 8.46. The topological polar surface area (TPSA) is 103 Å². The van der Waals surface area contributed by atoms with Crippen LogP contribution in [-0.4, -0.2) is 23.1 Å². The zero-order valence-electron chi connectivity index (χ0n) is 17.9. The molecule has 1 heterocycles. The standard InChI is InChI=1S/C24H18ClN3O5S/c1-32-21-12-15(10-11-20(21)33-14-16-6-2-5-9-19(16)28(30)31)13-22-23(29)27-24(34-22)26-18-8-4-3-7-17(18)25/h2-13H,14H2,1H3,(H,26,27,29)/b22-13+. The summed E-state index contributed by atoms with van der Waals surface area (Å²) in [6.45, 7) is 0.00801. The molecule has 10 heteroatoms. The van der Waals surface area contributed by atoms with Gasteiger partial charge in [-0.25, -0.2) is 4.99 Å². The van der Waals surface area contributed by atoms with Gasteiger partial charge in [-0.05, 0) is 53.7 Å². The fourth-order valence-electron chi connectivity index (χ4n) is 3.14. The number of amides is 1. The number of carbonyl (C=O) groups excluding carboxylic acids is 1. The van der Waals surface area contributed by atoms with E-state index in [0.29, 0.717) is 43.4 Å². The molecule has 1 aliphatic rings. The van der Waals surface area contributed by atoms with E-state index in [1.165, 1.54) is 24.9 Å². The highest BCUT2D eigenvalue weighted by atomic mass is 35.5. The largest absolute Gasteiger partial charge is 0.493 e. The third-order valence-corrected chi connectivity index (χ3v) is 6.01. The van der Waals surface area contributed by atoms with E-state index < -0.39 is 4.92 Å². The Kier molecular flexibility index (Phi) is 7.15. The number of thioether (sulfide) groups is 1. The highest BCUT2D eigenvalue weighted by molar-refractivity contribution is 8.18. The summed E-state index contributed by atoms with van der Waals surface area (Å²) in [5.74, 6) is 0.583. The molecule has 1 fully saturated rings. The Bertz CT molecular complexity index is 1330. The van der Waals surface area contributed by atoms with Crippen molar-refractivity contribution in [1.82, 2.24) is 5.32 Å². The van der Waals surface area contributed by atoms with Crippen LogP contribution < -0.4 is 14.8 Å². The van der Waals surface area contributed by atoms with Crippen LogP contribution in [0.5, 0.6) is 11.5 Å². The quantitative estimate of drug-likeness (QED) is 0.255. The Morgan fingerprint density at radius 3 is 2.65 bits per heavy atom. The number of nitrogens with one attached hydrogen (secondary N) is 1. The van der Waals surface area contributed by atoms with Crippen LogP contribution in [0, 0.1) is 10.1 Å². The summed E-state index contributed by atoms with van der Waals surface area (Å²) in [7, 11) is 1.50. The van der Waals surface area contributed by atoms with E-state index >= 15 is 0 Å². The molecule has 0 saturated carbocycles. The maximum absolute atomic E-state index is 12.4. The number of nitro groups is 1. The first kappa shape index (κ1) is 23.3. The molecule has 1 aliphatic heterocycles. The minimum absolute atomic E-state index is 0.00801. The second-order valence-electron chi connectivity index (χ2n) is 7.02. The number of aliphatic imine (C=N–C) groups is 1. The lowest BCUT2D eigenvalue weighted by Crippen LogP contribution is -2.19. The fraction of sp³-hybridized carbons (Fsp3) is 0.0833. The van der Waals surface area contributed by atoms with Gasteiger partial charge in [-0.2, -0.15) is 0 Å². The number of methoxy groups -OCH3 is 1. The molecule has 3 aromatic rings. The number of para-hydroxylation sites is 2. The van der Waals surface area contributed by atoms with E-state index in [2.05, 4.69) is 10.3 Å². The average Bonchev–Trinajstić information content (AvgIpc) is 3.18. The molecule has 0 aromatic heterocycles. The lowest BCUT2D eigenvalue weighted by atomic mass is 10.1. The number of hydrogen-bond acceptors (Lipinski definition) is 7. The van der Waals surface area contributed by atoms with Gasteiger partial charge in [0.1, 0.15) is 6.61 Å². The van der Waals surface area contributed by atoms with Crippen LogP contribution in [0.1, 0.15) is 11.1 Å². The number of amidine groups is 1. The molecule has 8 nitrogen and oxygen atoms in total. The van der Waals surface area contributed by atoms with Crippen molar-refractivity contribution in [3.05, 3.63) is 97.9 Å². The van der Waals surface area contributed by atoms with E-state index in [1.807, 2.05) is 6.07 Å². The molecule has 1 N–H and O–H groups in total. The molecule has 0 radical (unpaired) electrons. The van der Waals surface area contributed by atoms with E-state index in [4.69, 9.17) is 21.1 Å². The smallest absolute Gasteiger partial charge is 0.276 e. The van der Waals surface area contributed by atoms with Crippen LogP contribution in [0.3, 0.4) is 0 Å². The van der Waals surface area contributed by atoms with Crippen LogP contribution in [0.2, 0.25) is 5.02 Å². The van der Waals surface area contributed by atoms with Crippen molar-refractivity contribution in [2.75, 3.05) is 7.11 Å². The molecule has 1 saturated heterocycles. The highest BCUT2D eigenvalue weighted by Crippen LogP contribution is 2.34. The molecule has 34 heavy (non-hydrogen) atoms. The molecule has 0 bridgehead atoms. The maximum atomic E-state index is 12.4. The van der Waals surface area contributed by atoms with E-state index in [1.54, 1.807) is 60.7 Å². The number of nitrogens with zero attached hydrogens (tertiary/aromatic N) is 2. The van der Waals surface area contributed by atoms with Gasteiger partial charge in [0.15, 0.2) is 16.7 Å². The molecule has 0 atom stereocenters. The zero-order chi connectivity index (χ0) is 24.1. The summed E-state index contributed by atoms with van der Waals surface area (Å²) in [4.78, 5) is 28.0. The number of carbonyl (C=O) groups is 1. The third kappa shape index (κ3) is 5.38. The van der Waals surface area contributed by atoms with Crippen LogP contribution in [0.25, 0.3) is 6.08 Å². The third-order valence-electron chi connectivity index (χ3n) is 4.78. The summed E-state index contributed by atoms with van der Waals surface area (Å²) >= 11 is 7.34. The van der Waals surface area contributed by atoms with Gasteiger partial charge in [0.05, 0.1) is 33.2 Å². The van der Waals surface area contributed by atoms with Crippen LogP contribution in [0.4, 0.5) is 11.4 Å². The zero-order valence-corrected chi connectivity index (χ0v) is 19.4. The fourth-order valence-corrected chi connectivity index (χ4v) is 4.16.